The maximum absolute atomic E-state index is 6.48. The normalized spacial score (nSPS) is 51.0. The maximum Gasteiger partial charge on any atom is 0.0214 e. The molecule has 1 nitrogen and oxygen atoms in total. The summed E-state index contributed by atoms with van der Waals surface area (Å²) in [7, 11) is 0. The van der Waals surface area contributed by atoms with E-state index < -0.39 is 0 Å². The van der Waals surface area contributed by atoms with Gasteiger partial charge in [-0.15, -0.1) is 0 Å². The van der Waals surface area contributed by atoms with Crippen molar-refractivity contribution in [3.63, 3.8) is 0 Å². The molecule has 0 heterocycles. The van der Waals surface area contributed by atoms with Gasteiger partial charge in [-0.1, -0.05) is 27.2 Å². The first-order valence-corrected chi connectivity index (χ1v) is 5.26. The van der Waals surface area contributed by atoms with E-state index in [0.29, 0.717) is 5.41 Å². The highest BCUT2D eigenvalue weighted by molar-refractivity contribution is 5.11. The first-order valence-electron chi connectivity index (χ1n) is 5.26. The van der Waals surface area contributed by atoms with Crippen LogP contribution in [0.15, 0.2) is 0 Å². The molecule has 2 aliphatic rings. The number of fused-ring (bicyclic) bond motifs is 1. The van der Waals surface area contributed by atoms with Crippen LogP contribution in [0.1, 0.15) is 46.5 Å². The van der Waals surface area contributed by atoms with Crippen LogP contribution in [-0.4, -0.2) is 5.54 Å². The van der Waals surface area contributed by atoms with Crippen LogP contribution in [0.3, 0.4) is 0 Å². The molecular formula is C11H21N. The predicted octanol–water partition coefficient (Wildman–Crippen LogP) is 2.55. The van der Waals surface area contributed by atoms with Gasteiger partial charge in [-0.2, -0.15) is 0 Å². The van der Waals surface area contributed by atoms with E-state index in [2.05, 4.69) is 20.8 Å². The molecule has 70 valence electrons. The zero-order valence-corrected chi connectivity index (χ0v) is 8.56. The third kappa shape index (κ3) is 0.891. The Hall–Kier alpha value is -0.0400. The Balaban J connectivity index is 2.32. The van der Waals surface area contributed by atoms with Gasteiger partial charge in [0.15, 0.2) is 0 Å². The Morgan fingerprint density at radius 2 is 2.00 bits per heavy atom. The molecule has 0 bridgehead atoms. The van der Waals surface area contributed by atoms with Crippen molar-refractivity contribution in [2.24, 2.45) is 23.0 Å². The molecule has 0 saturated heterocycles. The van der Waals surface area contributed by atoms with Gasteiger partial charge < -0.3 is 5.73 Å². The molecule has 1 heteroatoms. The van der Waals surface area contributed by atoms with E-state index in [-0.39, 0.29) is 5.54 Å². The molecule has 0 amide bonds. The van der Waals surface area contributed by atoms with Crippen LogP contribution in [-0.2, 0) is 0 Å². The van der Waals surface area contributed by atoms with E-state index in [4.69, 9.17) is 5.73 Å². The minimum absolute atomic E-state index is 0.198. The molecule has 0 spiro atoms. The predicted molar refractivity (Wildman–Crippen MR) is 51.8 cm³/mol. The Bertz CT molecular complexity index is 197. The van der Waals surface area contributed by atoms with Crippen molar-refractivity contribution in [3.05, 3.63) is 0 Å². The topological polar surface area (TPSA) is 26.0 Å². The van der Waals surface area contributed by atoms with Crippen LogP contribution < -0.4 is 5.73 Å². The molecule has 0 aliphatic heterocycles. The molecule has 12 heavy (non-hydrogen) atoms. The average Bonchev–Trinajstić information content (AvgIpc) is 2.37. The summed E-state index contributed by atoms with van der Waals surface area (Å²) in [5, 5.41) is 0. The number of nitrogens with two attached hydrogens (primary N) is 1. The van der Waals surface area contributed by atoms with Gasteiger partial charge in [0.25, 0.3) is 0 Å². The fraction of sp³-hybridized carbons (Fsp3) is 1.00. The molecule has 2 rings (SSSR count). The van der Waals surface area contributed by atoms with Crippen molar-refractivity contribution in [2.75, 3.05) is 0 Å². The van der Waals surface area contributed by atoms with Gasteiger partial charge in [0.05, 0.1) is 0 Å². The first kappa shape index (κ1) is 8.55. The Kier molecular flexibility index (Phi) is 1.61. The van der Waals surface area contributed by atoms with E-state index in [1.165, 1.54) is 25.7 Å². The Labute approximate surface area is 75.7 Å². The van der Waals surface area contributed by atoms with Gasteiger partial charge in [0.1, 0.15) is 0 Å². The van der Waals surface area contributed by atoms with Crippen LogP contribution in [0.25, 0.3) is 0 Å². The van der Waals surface area contributed by atoms with Crippen LogP contribution in [0.4, 0.5) is 0 Å². The molecule has 0 aromatic heterocycles. The van der Waals surface area contributed by atoms with Crippen LogP contribution in [0.5, 0.6) is 0 Å². The summed E-state index contributed by atoms with van der Waals surface area (Å²) in [4.78, 5) is 0. The second-order valence-electron chi connectivity index (χ2n) is 5.65. The molecule has 2 aliphatic carbocycles. The molecule has 0 aromatic carbocycles. The summed E-state index contributed by atoms with van der Waals surface area (Å²) >= 11 is 0. The standard InChI is InChI=1S/C11H21N/c1-8-7-10(2,3)9-5-4-6-11(8,9)12/h8-9H,4-7,12H2,1-3H3/t8-,9?,11?/m0/s1. The molecule has 0 radical (unpaired) electrons. The average molecular weight is 167 g/mol. The van der Waals surface area contributed by atoms with Gasteiger partial charge in [-0.05, 0) is 36.5 Å². The minimum Gasteiger partial charge on any atom is -0.325 e. The second-order valence-corrected chi connectivity index (χ2v) is 5.65. The molecule has 2 N–H and O–H groups in total. The van der Waals surface area contributed by atoms with Crippen molar-refractivity contribution in [1.82, 2.24) is 0 Å². The van der Waals surface area contributed by atoms with E-state index in [1.54, 1.807) is 0 Å². The van der Waals surface area contributed by atoms with E-state index in [0.717, 1.165) is 11.8 Å². The molecule has 2 fully saturated rings. The van der Waals surface area contributed by atoms with Crippen molar-refractivity contribution in [2.45, 2.75) is 52.0 Å². The molecule has 2 saturated carbocycles. The number of rotatable bonds is 0. The van der Waals surface area contributed by atoms with Crippen molar-refractivity contribution >= 4 is 0 Å². The van der Waals surface area contributed by atoms with E-state index in [9.17, 15) is 0 Å². The van der Waals surface area contributed by atoms with Gasteiger partial charge in [-0.25, -0.2) is 0 Å². The third-order valence-electron chi connectivity index (χ3n) is 4.44. The SMILES string of the molecule is C[C@H]1CC(C)(C)C2CCCC21N. The fourth-order valence-corrected chi connectivity index (χ4v) is 3.88. The first-order chi connectivity index (χ1) is 5.47. The molecule has 2 unspecified atom stereocenters. The summed E-state index contributed by atoms with van der Waals surface area (Å²) in [6.45, 7) is 7.13. The van der Waals surface area contributed by atoms with Crippen molar-refractivity contribution < 1.29 is 0 Å². The summed E-state index contributed by atoms with van der Waals surface area (Å²) in [6.07, 6.45) is 5.32. The van der Waals surface area contributed by atoms with E-state index >= 15 is 0 Å². The molecular weight excluding hydrogens is 146 g/mol. The van der Waals surface area contributed by atoms with Crippen LogP contribution in [0.2, 0.25) is 0 Å². The summed E-state index contributed by atoms with van der Waals surface area (Å²) in [5.41, 5.74) is 7.19. The lowest BCUT2D eigenvalue weighted by Gasteiger charge is -2.32. The largest absolute Gasteiger partial charge is 0.325 e. The zero-order chi connectivity index (χ0) is 8.98. The van der Waals surface area contributed by atoms with Crippen LogP contribution in [0, 0.1) is 17.3 Å². The summed E-state index contributed by atoms with van der Waals surface area (Å²) < 4.78 is 0. The molecule has 0 aromatic rings. The second kappa shape index (κ2) is 2.25. The number of hydrogen-bond donors (Lipinski definition) is 1. The van der Waals surface area contributed by atoms with Gasteiger partial charge in [0.2, 0.25) is 0 Å². The highest BCUT2D eigenvalue weighted by Gasteiger charge is 2.56. The Morgan fingerprint density at radius 3 is 2.58 bits per heavy atom. The number of hydrogen-bond acceptors (Lipinski definition) is 1. The van der Waals surface area contributed by atoms with E-state index in [1.807, 2.05) is 0 Å². The summed E-state index contributed by atoms with van der Waals surface area (Å²) in [5.74, 6) is 1.53. The monoisotopic (exact) mass is 167 g/mol. The van der Waals surface area contributed by atoms with Crippen molar-refractivity contribution in [3.8, 4) is 0 Å². The highest BCUT2D eigenvalue weighted by Crippen LogP contribution is 2.58. The Morgan fingerprint density at radius 1 is 1.33 bits per heavy atom. The molecule has 3 atom stereocenters. The van der Waals surface area contributed by atoms with Crippen molar-refractivity contribution in [1.29, 1.82) is 0 Å². The zero-order valence-electron chi connectivity index (χ0n) is 8.56. The highest BCUT2D eigenvalue weighted by atomic mass is 14.8. The van der Waals surface area contributed by atoms with Gasteiger partial charge in [0, 0.05) is 5.54 Å². The lowest BCUT2D eigenvalue weighted by molar-refractivity contribution is 0.217. The smallest absolute Gasteiger partial charge is 0.0214 e. The third-order valence-corrected chi connectivity index (χ3v) is 4.44. The lowest BCUT2D eigenvalue weighted by atomic mass is 9.77. The maximum atomic E-state index is 6.48. The fourth-order valence-electron chi connectivity index (χ4n) is 3.88. The lowest BCUT2D eigenvalue weighted by Crippen LogP contribution is -2.46. The van der Waals surface area contributed by atoms with Gasteiger partial charge >= 0.3 is 0 Å². The minimum atomic E-state index is 0.198. The van der Waals surface area contributed by atoms with Crippen LogP contribution >= 0.6 is 0 Å². The van der Waals surface area contributed by atoms with Gasteiger partial charge in [-0.3, -0.25) is 0 Å². The summed E-state index contributed by atoms with van der Waals surface area (Å²) in [6, 6.07) is 0. The quantitative estimate of drug-likeness (QED) is 0.589.